The molecule has 2 fully saturated rings. The molecule has 0 aromatic heterocycles. The van der Waals surface area contributed by atoms with Crippen LogP contribution in [-0.4, -0.2) is 30.1 Å². The van der Waals surface area contributed by atoms with Crippen LogP contribution < -0.4 is 5.73 Å². The summed E-state index contributed by atoms with van der Waals surface area (Å²) in [6, 6.07) is 2.36. The van der Waals surface area contributed by atoms with E-state index in [2.05, 4.69) is 24.8 Å². The second-order valence-corrected chi connectivity index (χ2v) is 7.39. The highest BCUT2D eigenvalue weighted by molar-refractivity contribution is 5.11. The topological polar surface area (TPSA) is 53.0 Å². The van der Waals surface area contributed by atoms with Crippen LogP contribution in [0.4, 0.5) is 0 Å². The van der Waals surface area contributed by atoms with Crippen molar-refractivity contribution < 1.29 is 0 Å². The van der Waals surface area contributed by atoms with Crippen LogP contribution in [0.5, 0.6) is 0 Å². The van der Waals surface area contributed by atoms with Crippen molar-refractivity contribution in [3.8, 4) is 6.07 Å². The van der Waals surface area contributed by atoms with Crippen molar-refractivity contribution >= 4 is 0 Å². The number of nitrogens with zero attached hydrogens (tertiary/aromatic N) is 2. The Morgan fingerprint density at radius 2 is 2.00 bits per heavy atom. The molecule has 1 saturated carbocycles. The minimum atomic E-state index is -0.537. The number of nitriles is 1. The largest absolute Gasteiger partial charge is 0.313 e. The molecule has 2 aliphatic rings. The molecule has 0 amide bonds. The van der Waals surface area contributed by atoms with Gasteiger partial charge in [0.2, 0.25) is 0 Å². The molecule has 0 spiro atoms. The quantitative estimate of drug-likeness (QED) is 0.852. The van der Waals surface area contributed by atoms with E-state index < -0.39 is 5.54 Å². The van der Waals surface area contributed by atoms with Crippen LogP contribution in [0.25, 0.3) is 0 Å². The Morgan fingerprint density at radius 3 is 2.74 bits per heavy atom. The van der Waals surface area contributed by atoms with Gasteiger partial charge in [-0.25, -0.2) is 0 Å². The summed E-state index contributed by atoms with van der Waals surface area (Å²) in [5, 5.41) is 9.26. The smallest absolute Gasteiger partial charge is 0.107 e. The molecule has 1 heterocycles. The van der Waals surface area contributed by atoms with Gasteiger partial charge in [0.05, 0.1) is 6.07 Å². The first-order valence-electron chi connectivity index (χ1n) is 7.88. The molecule has 1 aliphatic carbocycles. The van der Waals surface area contributed by atoms with E-state index in [1.807, 2.05) is 0 Å². The first kappa shape index (κ1) is 14.8. The molecule has 3 heteroatoms. The molecular formula is C16H29N3. The van der Waals surface area contributed by atoms with Crippen molar-refractivity contribution in [2.75, 3.05) is 19.6 Å². The van der Waals surface area contributed by atoms with Crippen molar-refractivity contribution in [1.82, 2.24) is 4.90 Å². The third kappa shape index (κ3) is 3.70. The number of hydrogen-bond donors (Lipinski definition) is 1. The van der Waals surface area contributed by atoms with Crippen LogP contribution in [0.1, 0.15) is 58.8 Å². The highest BCUT2D eigenvalue weighted by atomic mass is 15.1. The standard InChI is InChI=1S/C16H29N3/c1-15(2)7-4-10-19(12-9-15)11-6-14-5-3-8-16(14,18)13-17/h14H,3-12,18H2,1-2H3. The lowest BCUT2D eigenvalue weighted by molar-refractivity contribution is 0.233. The molecule has 1 aliphatic heterocycles. The Balaban J connectivity index is 1.81. The molecule has 0 aromatic rings. The zero-order valence-electron chi connectivity index (χ0n) is 12.6. The number of hydrogen-bond acceptors (Lipinski definition) is 3. The normalized spacial score (nSPS) is 35.8. The van der Waals surface area contributed by atoms with Crippen LogP contribution in [0.2, 0.25) is 0 Å². The maximum Gasteiger partial charge on any atom is 0.107 e. The minimum absolute atomic E-state index is 0.411. The predicted molar refractivity (Wildman–Crippen MR) is 78.6 cm³/mol. The van der Waals surface area contributed by atoms with Gasteiger partial charge in [-0.2, -0.15) is 5.26 Å². The van der Waals surface area contributed by atoms with Gasteiger partial charge in [0, 0.05) is 0 Å². The van der Waals surface area contributed by atoms with E-state index >= 15 is 0 Å². The van der Waals surface area contributed by atoms with Crippen LogP contribution in [-0.2, 0) is 0 Å². The first-order chi connectivity index (χ1) is 8.95. The first-order valence-corrected chi connectivity index (χ1v) is 7.88. The summed E-state index contributed by atoms with van der Waals surface area (Å²) >= 11 is 0. The van der Waals surface area contributed by atoms with E-state index in [1.165, 1.54) is 32.4 Å². The van der Waals surface area contributed by atoms with Crippen LogP contribution in [0.15, 0.2) is 0 Å². The van der Waals surface area contributed by atoms with Gasteiger partial charge in [0.25, 0.3) is 0 Å². The maximum absolute atomic E-state index is 9.26. The zero-order valence-corrected chi connectivity index (χ0v) is 12.6. The molecule has 0 aromatic carbocycles. The fourth-order valence-corrected chi connectivity index (χ4v) is 3.69. The molecule has 1 saturated heterocycles. The van der Waals surface area contributed by atoms with Gasteiger partial charge >= 0.3 is 0 Å². The fourth-order valence-electron chi connectivity index (χ4n) is 3.69. The molecule has 3 nitrogen and oxygen atoms in total. The lowest BCUT2D eigenvalue weighted by atomic mass is 9.85. The van der Waals surface area contributed by atoms with Gasteiger partial charge in [-0.15, -0.1) is 0 Å². The van der Waals surface area contributed by atoms with Gasteiger partial charge in [-0.05, 0) is 69.5 Å². The number of likely N-dealkylation sites (tertiary alicyclic amines) is 1. The summed E-state index contributed by atoms with van der Waals surface area (Å²) in [6.07, 6.45) is 8.20. The number of rotatable bonds is 3. The van der Waals surface area contributed by atoms with Gasteiger partial charge in [-0.3, -0.25) is 0 Å². The van der Waals surface area contributed by atoms with Crippen LogP contribution >= 0.6 is 0 Å². The lowest BCUT2D eigenvalue weighted by Crippen LogP contribution is -2.43. The third-order valence-electron chi connectivity index (χ3n) is 5.31. The van der Waals surface area contributed by atoms with E-state index in [0.717, 1.165) is 32.2 Å². The van der Waals surface area contributed by atoms with E-state index in [1.54, 1.807) is 0 Å². The summed E-state index contributed by atoms with van der Waals surface area (Å²) in [6.45, 7) is 8.33. The van der Waals surface area contributed by atoms with Crippen molar-refractivity contribution in [2.45, 2.75) is 64.3 Å². The zero-order chi connectivity index (χ0) is 13.9. The monoisotopic (exact) mass is 263 g/mol. The predicted octanol–water partition coefficient (Wildman–Crippen LogP) is 2.91. The Bertz CT molecular complexity index is 344. The molecule has 0 radical (unpaired) electrons. The third-order valence-corrected chi connectivity index (χ3v) is 5.31. The molecular weight excluding hydrogens is 234 g/mol. The van der Waals surface area contributed by atoms with Crippen LogP contribution in [0, 0.1) is 22.7 Å². The summed E-state index contributed by atoms with van der Waals surface area (Å²) in [4.78, 5) is 2.59. The maximum atomic E-state index is 9.26. The highest BCUT2D eigenvalue weighted by Crippen LogP contribution is 2.36. The molecule has 108 valence electrons. The van der Waals surface area contributed by atoms with E-state index in [9.17, 15) is 5.26 Å². The minimum Gasteiger partial charge on any atom is -0.313 e. The Kier molecular flexibility index (Phi) is 4.53. The fraction of sp³-hybridized carbons (Fsp3) is 0.938. The number of nitrogens with two attached hydrogens (primary N) is 1. The average molecular weight is 263 g/mol. The van der Waals surface area contributed by atoms with E-state index in [0.29, 0.717) is 11.3 Å². The van der Waals surface area contributed by atoms with E-state index in [4.69, 9.17) is 5.73 Å². The van der Waals surface area contributed by atoms with Gasteiger partial charge in [0.1, 0.15) is 5.54 Å². The van der Waals surface area contributed by atoms with Crippen LogP contribution in [0.3, 0.4) is 0 Å². The molecule has 2 rings (SSSR count). The molecule has 2 atom stereocenters. The Morgan fingerprint density at radius 1 is 1.21 bits per heavy atom. The summed E-state index contributed by atoms with van der Waals surface area (Å²) in [5.74, 6) is 0.411. The summed E-state index contributed by atoms with van der Waals surface area (Å²) < 4.78 is 0. The Hall–Kier alpha value is -0.590. The summed E-state index contributed by atoms with van der Waals surface area (Å²) in [7, 11) is 0. The Labute approximate surface area is 118 Å². The van der Waals surface area contributed by atoms with Crippen molar-refractivity contribution in [2.24, 2.45) is 17.1 Å². The SMILES string of the molecule is CC1(C)CCCN(CCC2CCCC2(N)C#N)CC1. The van der Waals surface area contributed by atoms with E-state index in [-0.39, 0.29) is 0 Å². The summed E-state index contributed by atoms with van der Waals surface area (Å²) in [5.41, 5.74) is 6.18. The second kappa shape index (κ2) is 5.81. The highest BCUT2D eigenvalue weighted by Gasteiger charge is 2.39. The van der Waals surface area contributed by atoms with Crippen molar-refractivity contribution in [3.63, 3.8) is 0 Å². The molecule has 2 unspecified atom stereocenters. The van der Waals surface area contributed by atoms with Crippen molar-refractivity contribution in [3.05, 3.63) is 0 Å². The van der Waals surface area contributed by atoms with Crippen molar-refractivity contribution in [1.29, 1.82) is 5.26 Å². The molecule has 2 N–H and O–H groups in total. The lowest BCUT2D eigenvalue weighted by Gasteiger charge is -2.28. The van der Waals surface area contributed by atoms with Gasteiger partial charge in [-0.1, -0.05) is 20.3 Å². The molecule has 19 heavy (non-hydrogen) atoms. The van der Waals surface area contributed by atoms with Gasteiger partial charge in [0.15, 0.2) is 0 Å². The molecule has 0 bridgehead atoms. The second-order valence-electron chi connectivity index (χ2n) is 7.39. The average Bonchev–Trinajstić information content (AvgIpc) is 2.64. The van der Waals surface area contributed by atoms with Gasteiger partial charge < -0.3 is 10.6 Å².